The maximum Gasteiger partial charge on any atom is 0.244 e. The summed E-state index contributed by atoms with van der Waals surface area (Å²) in [4.78, 5) is 38.6. The molecule has 0 aliphatic carbocycles. The first-order valence-corrected chi connectivity index (χ1v) is 11.9. The molecule has 0 N–H and O–H groups in total. The normalized spacial score (nSPS) is 17.6. The number of hydrogen-bond donors (Lipinski definition) is 0. The van der Waals surface area contributed by atoms with Gasteiger partial charge in [0.05, 0.1) is 0 Å². The molecule has 0 spiro atoms. The van der Waals surface area contributed by atoms with Crippen LogP contribution >= 0.6 is 11.6 Å². The van der Waals surface area contributed by atoms with Crippen LogP contribution in [-0.4, -0.2) is 43.0 Å². The molecule has 1 aromatic rings. The largest absolute Gasteiger partial charge is 0.544 e. The van der Waals surface area contributed by atoms with Crippen LogP contribution in [0.4, 0.5) is 5.69 Å². The van der Waals surface area contributed by atoms with Gasteiger partial charge in [0.15, 0.2) is 0 Å². The molecule has 1 atom stereocenters. The lowest BCUT2D eigenvalue weighted by Crippen LogP contribution is -2.46. The highest BCUT2D eigenvalue weighted by Gasteiger charge is 2.36. The van der Waals surface area contributed by atoms with Crippen molar-refractivity contribution in [2.45, 2.75) is 45.4 Å². The van der Waals surface area contributed by atoms with E-state index >= 15 is 0 Å². The molecule has 0 aromatic heterocycles. The molecule has 1 aromatic carbocycles. The Bertz CT molecular complexity index is 689. The van der Waals surface area contributed by atoms with Crippen LogP contribution in [0.25, 0.3) is 0 Å². The Labute approximate surface area is 153 Å². The van der Waals surface area contributed by atoms with Gasteiger partial charge in [0.2, 0.25) is 25.4 Å². The Morgan fingerprint density at radius 2 is 2.04 bits per heavy atom. The third-order valence-corrected chi connectivity index (χ3v) is 4.92. The minimum Gasteiger partial charge on any atom is -0.544 e. The molecule has 1 aliphatic heterocycles. The third kappa shape index (κ3) is 5.06. The van der Waals surface area contributed by atoms with Crippen molar-refractivity contribution in [1.82, 2.24) is 4.90 Å². The zero-order valence-electron chi connectivity index (χ0n) is 14.9. The molecule has 6 nitrogen and oxygen atoms in total. The van der Waals surface area contributed by atoms with Gasteiger partial charge in [-0.3, -0.25) is 19.3 Å². The Hall–Kier alpha value is -1.86. The van der Waals surface area contributed by atoms with Crippen LogP contribution in [0.15, 0.2) is 24.3 Å². The summed E-state index contributed by atoms with van der Waals surface area (Å²) in [5, 5.41) is -0.579. The van der Waals surface area contributed by atoms with E-state index in [9.17, 15) is 14.4 Å². The summed E-state index contributed by atoms with van der Waals surface area (Å²) in [6.07, 6.45) is 0.638. The first-order chi connectivity index (χ1) is 11.6. The molecule has 2 rings (SSSR count). The Morgan fingerprint density at radius 1 is 1.36 bits per heavy atom. The van der Waals surface area contributed by atoms with Crippen LogP contribution in [-0.2, 0) is 14.4 Å². The van der Waals surface area contributed by atoms with Gasteiger partial charge >= 0.3 is 0 Å². The Morgan fingerprint density at radius 3 is 2.60 bits per heavy atom. The second kappa shape index (κ2) is 7.57. The zero-order chi connectivity index (χ0) is 18.8. The first-order valence-electron chi connectivity index (χ1n) is 8.14. The van der Waals surface area contributed by atoms with Crippen LogP contribution in [0.3, 0.4) is 0 Å². The van der Waals surface area contributed by atoms with Crippen molar-refractivity contribution in [3.63, 3.8) is 0 Å². The highest BCUT2D eigenvalue weighted by molar-refractivity contribution is 6.70. The number of nitrogens with zero attached hydrogens (tertiary/aromatic N) is 2. The number of hydrogen-bond acceptors (Lipinski definition) is 4. The SMILES string of the molecule is CC(=O)N(CN1C(=O)CCC1C(=O)Cl)c1cccc(O[Si](C)(C)C)c1. The summed E-state index contributed by atoms with van der Waals surface area (Å²) >= 11 is 5.60. The molecular weight excluding hydrogens is 360 g/mol. The van der Waals surface area contributed by atoms with Crippen molar-refractivity contribution in [3.8, 4) is 5.75 Å². The molecule has 1 unspecified atom stereocenters. The van der Waals surface area contributed by atoms with Gasteiger partial charge in [-0.15, -0.1) is 0 Å². The highest BCUT2D eigenvalue weighted by Crippen LogP contribution is 2.27. The third-order valence-electron chi connectivity index (χ3n) is 3.82. The van der Waals surface area contributed by atoms with E-state index in [0.717, 1.165) is 0 Å². The topological polar surface area (TPSA) is 66.9 Å². The summed E-state index contributed by atoms with van der Waals surface area (Å²) in [5.41, 5.74) is 0.615. The van der Waals surface area contributed by atoms with Crippen LogP contribution in [0, 0.1) is 0 Å². The number of carbonyl (C=O) groups excluding carboxylic acids is 3. The molecule has 1 heterocycles. The van der Waals surface area contributed by atoms with E-state index in [1.807, 2.05) is 6.07 Å². The number of anilines is 1. The van der Waals surface area contributed by atoms with Crippen molar-refractivity contribution in [2.75, 3.05) is 11.6 Å². The average Bonchev–Trinajstić information content (AvgIpc) is 2.84. The van der Waals surface area contributed by atoms with Crippen LogP contribution < -0.4 is 9.33 Å². The molecule has 8 heteroatoms. The smallest absolute Gasteiger partial charge is 0.244 e. The van der Waals surface area contributed by atoms with Gasteiger partial charge in [0.25, 0.3) is 0 Å². The molecule has 1 saturated heterocycles. The average molecular weight is 383 g/mol. The second-order valence-electron chi connectivity index (χ2n) is 7.02. The molecule has 1 aliphatic rings. The molecule has 0 saturated carbocycles. The van der Waals surface area contributed by atoms with Gasteiger partial charge in [-0.05, 0) is 49.8 Å². The quantitative estimate of drug-likeness (QED) is 0.560. The molecule has 25 heavy (non-hydrogen) atoms. The molecule has 0 radical (unpaired) electrons. The number of rotatable bonds is 6. The van der Waals surface area contributed by atoms with Crippen molar-refractivity contribution >= 4 is 42.7 Å². The minimum absolute atomic E-state index is 0.00626. The van der Waals surface area contributed by atoms with E-state index in [-0.39, 0.29) is 24.9 Å². The fraction of sp³-hybridized carbons (Fsp3) is 0.471. The maximum atomic E-state index is 12.1. The lowest BCUT2D eigenvalue weighted by Gasteiger charge is -2.30. The molecular formula is C17H23ClN2O4Si. The Balaban J connectivity index is 2.26. The van der Waals surface area contributed by atoms with E-state index < -0.39 is 19.6 Å². The lowest BCUT2D eigenvalue weighted by molar-refractivity contribution is -0.132. The summed E-state index contributed by atoms with van der Waals surface area (Å²) < 4.78 is 5.97. The summed E-state index contributed by atoms with van der Waals surface area (Å²) in [5.74, 6) is 0.269. The lowest BCUT2D eigenvalue weighted by atomic mass is 10.2. The van der Waals surface area contributed by atoms with Crippen LogP contribution in [0.2, 0.25) is 19.6 Å². The van der Waals surface area contributed by atoms with Crippen molar-refractivity contribution in [1.29, 1.82) is 0 Å². The van der Waals surface area contributed by atoms with Crippen LogP contribution in [0.5, 0.6) is 5.75 Å². The fourth-order valence-corrected chi connectivity index (χ4v) is 3.79. The van der Waals surface area contributed by atoms with Crippen molar-refractivity contribution in [2.24, 2.45) is 0 Å². The van der Waals surface area contributed by atoms with Crippen molar-refractivity contribution < 1.29 is 18.8 Å². The highest BCUT2D eigenvalue weighted by atomic mass is 35.5. The van der Waals surface area contributed by atoms with E-state index in [4.69, 9.17) is 16.0 Å². The predicted octanol–water partition coefficient (Wildman–Crippen LogP) is 2.97. The summed E-state index contributed by atoms with van der Waals surface area (Å²) in [6.45, 7) is 7.63. The molecule has 2 amide bonds. The fourth-order valence-electron chi connectivity index (χ4n) is 2.73. The standard InChI is InChI=1S/C17H23ClN2O4Si/c1-12(21)19(11-20-15(17(18)23)8-9-16(20)22)13-6-5-7-14(10-13)24-25(2,3)4/h5-7,10,15H,8-9,11H2,1-4H3. The number of benzene rings is 1. The van der Waals surface area contributed by atoms with E-state index in [1.165, 1.54) is 16.7 Å². The van der Waals surface area contributed by atoms with E-state index in [2.05, 4.69) is 19.6 Å². The van der Waals surface area contributed by atoms with Gasteiger partial charge in [0, 0.05) is 25.1 Å². The first kappa shape index (κ1) is 19.5. The zero-order valence-corrected chi connectivity index (χ0v) is 16.7. The summed E-state index contributed by atoms with van der Waals surface area (Å²) in [6, 6.07) is 6.51. The maximum absolute atomic E-state index is 12.1. The minimum atomic E-state index is -1.79. The van der Waals surface area contributed by atoms with E-state index in [0.29, 0.717) is 17.9 Å². The molecule has 136 valence electrons. The predicted molar refractivity (Wildman–Crippen MR) is 99.2 cm³/mol. The summed E-state index contributed by atoms with van der Waals surface area (Å²) in [7, 11) is -1.79. The number of likely N-dealkylation sites (tertiary alicyclic amines) is 1. The number of amides is 2. The van der Waals surface area contributed by atoms with Gasteiger partial charge in [-0.2, -0.15) is 0 Å². The van der Waals surface area contributed by atoms with Gasteiger partial charge in [-0.1, -0.05) is 6.07 Å². The van der Waals surface area contributed by atoms with Gasteiger partial charge < -0.3 is 9.33 Å². The molecule has 1 fully saturated rings. The second-order valence-corrected chi connectivity index (χ2v) is 11.8. The molecule has 0 bridgehead atoms. The van der Waals surface area contributed by atoms with Gasteiger partial charge in [0.1, 0.15) is 18.5 Å². The van der Waals surface area contributed by atoms with Gasteiger partial charge in [-0.25, -0.2) is 0 Å². The van der Waals surface area contributed by atoms with Crippen molar-refractivity contribution in [3.05, 3.63) is 24.3 Å². The number of halogens is 1. The van der Waals surface area contributed by atoms with E-state index in [1.54, 1.807) is 18.2 Å². The number of carbonyl (C=O) groups is 3. The van der Waals surface area contributed by atoms with Crippen LogP contribution in [0.1, 0.15) is 19.8 Å². The monoisotopic (exact) mass is 382 g/mol. The Kier molecular flexibility index (Phi) is 5.90.